The molecule has 7 heteroatoms. The van der Waals surface area contributed by atoms with Gasteiger partial charge in [-0.3, -0.25) is 14.6 Å². The van der Waals surface area contributed by atoms with Gasteiger partial charge in [-0.1, -0.05) is 0 Å². The fourth-order valence-electron chi connectivity index (χ4n) is 3.72. The number of aromatic nitrogens is 1. The average Bonchev–Trinajstić information content (AvgIpc) is 2.99. The number of amides is 1. The van der Waals surface area contributed by atoms with Crippen LogP contribution in [0, 0.1) is 0 Å². The molecule has 1 atom stereocenters. The Hall–Kier alpha value is -3.19. The summed E-state index contributed by atoms with van der Waals surface area (Å²) in [6, 6.07) is 9.77. The van der Waals surface area contributed by atoms with Crippen LogP contribution in [0.25, 0.3) is 5.76 Å². The molecule has 2 aromatic rings. The van der Waals surface area contributed by atoms with Gasteiger partial charge in [0.2, 0.25) is 0 Å². The average molecular weight is 425 g/mol. The smallest absolute Gasteiger partial charge is 0.295 e. The first kappa shape index (κ1) is 22.5. The van der Waals surface area contributed by atoms with Gasteiger partial charge in [-0.2, -0.15) is 0 Å². The van der Waals surface area contributed by atoms with Crippen molar-refractivity contribution in [1.82, 2.24) is 9.88 Å². The summed E-state index contributed by atoms with van der Waals surface area (Å²) in [6.07, 6.45) is 4.02. The van der Waals surface area contributed by atoms with Crippen molar-refractivity contribution < 1.29 is 24.3 Å². The Kier molecular flexibility index (Phi) is 7.07. The van der Waals surface area contributed by atoms with Gasteiger partial charge in [0.25, 0.3) is 11.7 Å². The third-order valence-electron chi connectivity index (χ3n) is 5.14. The van der Waals surface area contributed by atoms with Crippen LogP contribution in [0.4, 0.5) is 0 Å². The summed E-state index contributed by atoms with van der Waals surface area (Å²) in [7, 11) is 4.09. The second-order valence-electron chi connectivity index (χ2n) is 8.27. The van der Waals surface area contributed by atoms with Crippen LogP contribution in [-0.4, -0.2) is 60.0 Å². The molecule has 1 aromatic heterocycles. The van der Waals surface area contributed by atoms with E-state index < -0.39 is 17.7 Å². The Bertz CT molecular complexity index is 953. The monoisotopic (exact) mass is 424 g/mol. The van der Waals surface area contributed by atoms with Crippen molar-refractivity contribution in [3.05, 3.63) is 65.5 Å². The first-order valence-electron chi connectivity index (χ1n) is 10.5. The van der Waals surface area contributed by atoms with Gasteiger partial charge in [-0.15, -0.1) is 0 Å². The van der Waals surface area contributed by atoms with Gasteiger partial charge in [-0.05, 0) is 55.8 Å². The number of quaternary nitrogens is 1. The second-order valence-corrected chi connectivity index (χ2v) is 8.27. The van der Waals surface area contributed by atoms with Crippen molar-refractivity contribution in [1.29, 1.82) is 0 Å². The number of hydrogen-bond acceptors (Lipinski definition) is 5. The number of likely N-dealkylation sites (tertiary alicyclic amines) is 1. The third kappa shape index (κ3) is 5.11. The number of pyridine rings is 1. The van der Waals surface area contributed by atoms with Gasteiger partial charge >= 0.3 is 0 Å². The number of carbonyl (C=O) groups excluding carboxylic acids is 2. The number of rotatable bonds is 8. The Morgan fingerprint density at radius 2 is 1.77 bits per heavy atom. The molecule has 164 valence electrons. The molecule has 0 aliphatic carbocycles. The summed E-state index contributed by atoms with van der Waals surface area (Å²) in [4.78, 5) is 32.7. The molecule has 0 radical (unpaired) electrons. The van der Waals surface area contributed by atoms with Gasteiger partial charge < -0.3 is 19.6 Å². The highest BCUT2D eigenvalue weighted by molar-refractivity contribution is 6.46. The molecule has 1 fully saturated rings. The van der Waals surface area contributed by atoms with E-state index in [4.69, 9.17) is 4.74 Å². The van der Waals surface area contributed by atoms with Crippen molar-refractivity contribution in [2.24, 2.45) is 0 Å². The third-order valence-corrected chi connectivity index (χ3v) is 5.14. The van der Waals surface area contributed by atoms with E-state index >= 15 is 0 Å². The fraction of sp³-hybridized carbons (Fsp3) is 0.375. The topological polar surface area (TPSA) is 84.2 Å². The molecule has 1 saturated heterocycles. The number of carbonyl (C=O) groups is 2. The van der Waals surface area contributed by atoms with E-state index in [2.05, 4.69) is 4.98 Å². The highest BCUT2D eigenvalue weighted by Crippen LogP contribution is 2.39. The minimum Gasteiger partial charge on any atom is -0.507 e. The Labute approximate surface area is 183 Å². The van der Waals surface area contributed by atoms with Crippen LogP contribution in [0.15, 0.2) is 54.4 Å². The maximum absolute atomic E-state index is 13.0. The predicted molar refractivity (Wildman–Crippen MR) is 118 cm³/mol. The summed E-state index contributed by atoms with van der Waals surface area (Å²) >= 11 is 0. The molecule has 2 N–H and O–H groups in total. The number of hydrogen-bond donors (Lipinski definition) is 2. The van der Waals surface area contributed by atoms with Crippen LogP contribution in [0.1, 0.15) is 37.4 Å². The van der Waals surface area contributed by atoms with Gasteiger partial charge in [0.15, 0.2) is 0 Å². The molecule has 1 aromatic carbocycles. The highest BCUT2D eigenvalue weighted by Gasteiger charge is 2.45. The van der Waals surface area contributed by atoms with Crippen molar-refractivity contribution in [3.8, 4) is 5.75 Å². The number of nitrogens with zero attached hydrogens (tertiary/aromatic N) is 2. The van der Waals surface area contributed by atoms with Crippen molar-refractivity contribution >= 4 is 17.4 Å². The lowest BCUT2D eigenvalue weighted by Gasteiger charge is -2.25. The summed E-state index contributed by atoms with van der Waals surface area (Å²) < 4.78 is 5.65. The fourth-order valence-corrected chi connectivity index (χ4v) is 3.72. The zero-order valence-electron chi connectivity index (χ0n) is 18.5. The molecule has 0 saturated carbocycles. The van der Waals surface area contributed by atoms with E-state index in [1.54, 1.807) is 53.7 Å². The summed E-state index contributed by atoms with van der Waals surface area (Å²) in [5.41, 5.74) is 1.31. The van der Waals surface area contributed by atoms with Crippen molar-refractivity contribution in [2.75, 3.05) is 27.2 Å². The number of aliphatic hydroxyl groups excluding tert-OH is 1. The molecule has 1 aliphatic heterocycles. The molecule has 1 aliphatic rings. The Balaban J connectivity index is 2.01. The summed E-state index contributed by atoms with van der Waals surface area (Å²) in [6.45, 7) is 5.16. The number of nitrogens with one attached hydrogen (secondary N) is 1. The number of aliphatic hydroxyl groups is 1. The van der Waals surface area contributed by atoms with Crippen LogP contribution in [0.5, 0.6) is 5.75 Å². The largest absolute Gasteiger partial charge is 0.507 e. The van der Waals surface area contributed by atoms with Crippen molar-refractivity contribution in [3.63, 3.8) is 0 Å². The lowest BCUT2D eigenvalue weighted by molar-refractivity contribution is -0.858. The van der Waals surface area contributed by atoms with E-state index in [0.29, 0.717) is 17.9 Å². The molecular weight excluding hydrogens is 394 g/mol. The molecule has 0 unspecified atom stereocenters. The summed E-state index contributed by atoms with van der Waals surface area (Å²) in [5, 5.41) is 11.1. The normalized spacial score (nSPS) is 18.3. The molecular formula is C24H30N3O4+. The molecule has 1 amide bonds. The molecule has 7 nitrogen and oxygen atoms in total. The van der Waals surface area contributed by atoms with Gasteiger partial charge in [0.05, 0.1) is 38.4 Å². The van der Waals surface area contributed by atoms with E-state index in [-0.39, 0.29) is 17.4 Å². The molecule has 3 rings (SSSR count). The number of benzene rings is 1. The lowest BCUT2D eigenvalue weighted by atomic mass is 9.96. The van der Waals surface area contributed by atoms with E-state index in [0.717, 1.165) is 18.5 Å². The van der Waals surface area contributed by atoms with Gasteiger partial charge in [-0.25, -0.2) is 0 Å². The first-order valence-corrected chi connectivity index (χ1v) is 10.5. The van der Waals surface area contributed by atoms with E-state index in [1.807, 2.05) is 27.9 Å². The first-order chi connectivity index (χ1) is 14.8. The maximum Gasteiger partial charge on any atom is 0.295 e. The zero-order chi connectivity index (χ0) is 22.5. The minimum absolute atomic E-state index is 0.0282. The number of ether oxygens (including phenoxy) is 1. The van der Waals surface area contributed by atoms with Crippen LogP contribution >= 0.6 is 0 Å². The SMILES string of the molecule is CC(C)Oc1ccc(C(O)=C2C(=O)C(=O)N(CCC[NH+](C)C)[C@H]2c2ccncc2)cc1. The van der Waals surface area contributed by atoms with Gasteiger partial charge in [0, 0.05) is 30.9 Å². The number of Topliss-reactive ketones (excluding diaryl/α,β-unsaturated/α-hetero) is 1. The van der Waals surface area contributed by atoms with Crippen LogP contribution in [-0.2, 0) is 9.59 Å². The highest BCUT2D eigenvalue weighted by atomic mass is 16.5. The van der Waals surface area contributed by atoms with E-state index in [9.17, 15) is 14.7 Å². The van der Waals surface area contributed by atoms with E-state index in [1.165, 1.54) is 4.90 Å². The molecule has 0 spiro atoms. The maximum atomic E-state index is 13.0. The molecule has 2 heterocycles. The van der Waals surface area contributed by atoms with Crippen molar-refractivity contribution in [2.45, 2.75) is 32.4 Å². The predicted octanol–water partition coefficient (Wildman–Crippen LogP) is 1.83. The zero-order valence-corrected chi connectivity index (χ0v) is 18.5. The van der Waals surface area contributed by atoms with Crippen LogP contribution < -0.4 is 9.64 Å². The Morgan fingerprint density at radius 1 is 1.13 bits per heavy atom. The van der Waals surface area contributed by atoms with Gasteiger partial charge in [0.1, 0.15) is 11.5 Å². The summed E-state index contributed by atoms with van der Waals surface area (Å²) in [5.74, 6) is -0.767. The molecule has 0 bridgehead atoms. The lowest BCUT2D eigenvalue weighted by Crippen LogP contribution is -3.05. The quantitative estimate of drug-likeness (QED) is 0.384. The van der Waals surface area contributed by atoms with Crippen LogP contribution in [0.3, 0.4) is 0 Å². The van der Waals surface area contributed by atoms with Crippen LogP contribution in [0.2, 0.25) is 0 Å². The standard InChI is InChI=1S/C24H29N3O4/c1-16(2)31-19-8-6-18(7-9-19)22(28)20-21(17-10-12-25-13-11-17)27(24(30)23(20)29)15-5-14-26(3)4/h6-13,16,21,28H,5,14-15H2,1-4H3/p+1/t21-/m0/s1. The number of ketones is 1. The second kappa shape index (κ2) is 9.75. The Morgan fingerprint density at radius 3 is 2.35 bits per heavy atom. The molecule has 31 heavy (non-hydrogen) atoms. The minimum atomic E-state index is -0.668.